The number of hydrogen-bond donors (Lipinski definition) is 1. The zero-order chi connectivity index (χ0) is 13.9. The third-order valence-corrected chi connectivity index (χ3v) is 4.80. The van der Waals surface area contributed by atoms with Crippen LogP contribution < -0.4 is 5.32 Å². The Morgan fingerprint density at radius 1 is 1.05 bits per heavy atom. The molecule has 2 fully saturated rings. The number of carbonyl (C=O) groups is 1. The smallest absolute Gasteiger partial charge is 0.223 e. The van der Waals surface area contributed by atoms with Crippen LogP contribution in [0.15, 0.2) is 0 Å². The van der Waals surface area contributed by atoms with Crippen LogP contribution in [-0.4, -0.2) is 25.2 Å². The Kier molecular flexibility index (Phi) is 4.88. The van der Waals surface area contributed by atoms with Crippen molar-refractivity contribution in [3.05, 3.63) is 0 Å². The monoisotopic (exact) mass is 267 g/mol. The van der Waals surface area contributed by atoms with Crippen molar-refractivity contribution in [2.45, 2.75) is 65.3 Å². The van der Waals surface area contributed by atoms with Crippen molar-refractivity contribution in [1.82, 2.24) is 5.32 Å². The molecule has 0 aromatic carbocycles. The molecule has 1 aliphatic heterocycles. The average molecular weight is 267 g/mol. The number of rotatable bonds is 2. The van der Waals surface area contributed by atoms with Crippen LogP contribution in [0.25, 0.3) is 0 Å². The largest absolute Gasteiger partial charge is 0.381 e. The van der Waals surface area contributed by atoms with E-state index in [4.69, 9.17) is 4.74 Å². The van der Waals surface area contributed by atoms with Gasteiger partial charge in [-0.3, -0.25) is 4.79 Å². The topological polar surface area (TPSA) is 38.3 Å². The van der Waals surface area contributed by atoms with Crippen LogP contribution in [0.5, 0.6) is 0 Å². The Labute approximate surface area is 117 Å². The Balaban J connectivity index is 1.93. The molecule has 1 saturated carbocycles. The Hall–Kier alpha value is -0.570. The molecule has 0 unspecified atom stereocenters. The summed E-state index contributed by atoms with van der Waals surface area (Å²) in [7, 11) is 0. The Bertz CT molecular complexity index is 302. The highest BCUT2D eigenvalue weighted by Crippen LogP contribution is 2.38. The highest BCUT2D eigenvalue weighted by Gasteiger charge is 2.36. The molecule has 0 spiro atoms. The molecule has 0 radical (unpaired) electrons. The van der Waals surface area contributed by atoms with Gasteiger partial charge in [0, 0.05) is 25.2 Å². The van der Waals surface area contributed by atoms with E-state index in [-0.39, 0.29) is 17.2 Å². The summed E-state index contributed by atoms with van der Waals surface area (Å²) in [6.45, 7) is 8.39. The second kappa shape index (κ2) is 6.25. The van der Waals surface area contributed by atoms with Gasteiger partial charge in [0.25, 0.3) is 0 Å². The molecule has 2 atom stereocenters. The lowest BCUT2D eigenvalue weighted by Crippen LogP contribution is -2.49. The van der Waals surface area contributed by atoms with E-state index < -0.39 is 0 Å². The molecular formula is C16H29NO2. The Morgan fingerprint density at radius 3 is 2.32 bits per heavy atom. The van der Waals surface area contributed by atoms with Gasteiger partial charge in [0.2, 0.25) is 5.91 Å². The van der Waals surface area contributed by atoms with Crippen molar-refractivity contribution in [2.24, 2.45) is 17.3 Å². The van der Waals surface area contributed by atoms with Crippen molar-refractivity contribution in [3.8, 4) is 0 Å². The fraction of sp³-hybridized carbons (Fsp3) is 0.938. The van der Waals surface area contributed by atoms with Crippen LogP contribution in [0.4, 0.5) is 0 Å². The molecule has 1 N–H and O–H groups in total. The zero-order valence-corrected chi connectivity index (χ0v) is 12.7. The number of amides is 1. The molecule has 2 aliphatic rings. The quantitative estimate of drug-likeness (QED) is 0.834. The molecule has 1 aliphatic carbocycles. The Morgan fingerprint density at radius 2 is 1.68 bits per heavy atom. The maximum absolute atomic E-state index is 12.4. The highest BCUT2D eigenvalue weighted by molar-refractivity contribution is 5.79. The normalized spacial score (nSPS) is 30.1. The molecule has 19 heavy (non-hydrogen) atoms. The van der Waals surface area contributed by atoms with E-state index >= 15 is 0 Å². The van der Waals surface area contributed by atoms with Gasteiger partial charge in [-0.15, -0.1) is 0 Å². The van der Waals surface area contributed by atoms with Gasteiger partial charge in [0.1, 0.15) is 0 Å². The lowest BCUT2D eigenvalue weighted by atomic mass is 9.69. The maximum Gasteiger partial charge on any atom is 0.223 e. The minimum absolute atomic E-state index is 0.177. The fourth-order valence-electron chi connectivity index (χ4n) is 3.60. The van der Waals surface area contributed by atoms with E-state index in [1.807, 2.05) is 0 Å². The summed E-state index contributed by atoms with van der Waals surface area (Å²) in [5, 5.41) is 3.35. The third kappa shape index (κ3) is 3.95. The van der Waals surface area contributed by atoms with Gasteiger partial charge in [0.15, 0.2) is 0 Å². The maximum atomic E-state index is 12.4. The zero-order valence-electron chi connectivity index (χ0n) is 12.7. The second-order valence-corrected chi connectivity index (χ2v) is 7.26. The van der Waals surface area contributed by atoms with Crippen molar-refractivity contribution in [1.29, 1.82) is 0 Å². The van der Waals surface area contributed by atoms with Crippen LogP contribution in [0.3, 0.4) is 0 Å². The number of ether oxygens (including phenoxy) is 1. The highest BCUT2D eigenvalue weighted by atomic mass is 16.5. The van der Waals surface area contributed by atoms with Gasteiger partial charge in [0.05, 0.1) is 0 Å². The number of hydrogen-bond acceptors (Lipinski definition) is 2. The fourth-order valence-corrected chi connectivity index (χ4v) is 3.60. The molecule has 1 amide bonds. The summed E-state index contributed by atoms with van der Waals surface area (Å²) in [6.07, 6.45) is 6.74. The third-order valence-electron chi connectivity index (χ3n) is 4.80. The lowest BCUT2D eigenvalue weighted by Gasteiger charge is -2.41. The molecule has 110 valence electrons. The molecule has 0 aromatic heterocycles. The lowest BCUT2D eigenvalue weighted by molar-refractivity contribution is -0.129. The SMILES string of the molecule is CC(C)(C)[C@@H]1CCCC[C@@H]1NC(=O)C1CCOCC1. The predicted molar refractivity (Wildman–Crippen MR) is 76.9 cm³/mol. The molecule has 1 heterocycles. The summed E-state index contributed by atoms with van der Waals surface area (Å²) in [4.78, 5) is 12.4. The standard InChI is InChI=1S/C16H29NO2/c1-16(2,3)13-6-4-5-7-14(13)17-15(18)12-8-10-19-11-9-12/h12-14H,4-11H2,1-3H3,(H,17,18)/t13-,14+/m1/s1. The molecule has 0 bridgehead atoms. The molecule has 3 heteroatoms. The van der Waals surface area contributed by atoms with E-state index in [9.17, 15) is 4.79 Å². The first-order chi connectivity index (χ1) is 8.98. The van der Waals surface area contributed by atoms with Crippen LogP contribution >= 0.6 is 0 Å². The first-order valence-corrected chi connectivity index (χ1v) is 7.86. The van der Waals surface area contributed by atoms with Crippen molar-refractivity contribution in [2.75, 3.05) is 13.2 Å². The van der Waals surface area contributed by atoms with E-state index in [1.165, 1.54) is 19.3 Å². The summed E-state index contributed by atoms with van der Waals surface area (Å²) < 4.78 is 5.34. The summed E-state index contributed by atoms with van der Waals surface area (Å²) in [5.74, 6) is 1.06. The molecule has 2 rings (SSSR count). The van der Waals surface area contributed by atoms with Gasteiger partial charge in [-0.1, -0.05) is 33.6 Å². The van der Waals surface area contributed by atoms with Crippen molar-refractivity contribution < 1.29 is 9.53 Å². The van der Waals surface area contributed by atoms with Gasteiger partial charge in [-0.25, -0.2) is 0 Å². The summed E-state index contributed by atoms with van der Waals surface area (Å²) in [5.41, 5.74) is 0.286. The van der Waals surface area contributed by atoms with Gasteiger partial charge >= 0.3 is 0 Å². The van der Waals surface area contributed by atoms with Crippen LogP contribution in [0.1, 0.15) is 59.3 Å². The molecule has 1 saturated heterocycles. The van der Waals surface area contributed by atoms with Crippen LogP contribution in [-0.2, 0) is 9.53 Å². The van der Waals surface area contributed by atoms with Gasteiger partial charge < -0.3 is 10.1 Å². The van der Waals surface area contributed by atoms with Crippen molar-refractivity contribution in [3.63, 3.8) is 0 Å². The summed E-state index contributed by atoms with van der Waals surface area (Å²) in [6, 6.07) is 0.379. The number of nitrogens with one attached hydrogen (secondary N) is 1. The predicted octanol–water partition coefficient (Wildman–Crippen LogP) is 3.13. The molecule has 3 nitrogen and oxygen atoms in total. The second-order valence-electron chi connectivity index (χ2n) is 7.26. The minimum Gasteiger partial charge on any atom is -0.381 e. The van der Waals surface area contributed by atoms with Crippen molar-refractivity contribution >= 4 is 5.91 Å². The van der Waals surface area contributed by atoms with E-state index in [2.05, 4.69) is 26.1 Å². The van der Waals surface area contributed by atoms with E-state index in [0.29, 0.717) is 12.0 Å². The first kappa shape index (κ1) is 14.8. The summed E-state index contributed by atoms with van der Waals surface area (Å²) >= 11 is 0. The van der Waals surface area contributed by atoms with Gasteiger partial charge in [-0.05, 0) is 37.0 Å². The average Bonchev–Trinajstić information content (AvgIpc) is 2.39. The molecule has 0 aromatic rings. The van der Waals surface area contributed by atoms with E-state index in [1.54, 1.807) is 0 Å². The van der Waals surface area contributed by atoms with Crippen LogP contribution in [0.2, 0.25) is 0 Å². The minimum atomic E-state index is 0.177. The first-order valence-electron chi connectivity index (χ1n) is 7.86. The number of carbonyl (C=O) groups excluding carboxylic acids is 1. The van der Waals surface area contributed by atoms with E-state index in [0.717, 1.165) is 32.5 Å². The van der Waals surface area contributed by atoms with Gasteiger partial charge in [-0.2, -0.15) is 0 Å². The molecular weight excluding hydrogens is 238 g/mol. The van der Waals surface area contributed by atoms with Crippen LogP contribution in [0, 0.1) is 17.3 Å².